The number of nitrogens with one attached hydrogen (secondary N) is 1. The van der Waals surface area contributed by atoms with Crippen molar-refractivity contribution in [3.63, 3.8) is 0 Å². The van der Waals surface area contributed by atoms with Gasteiger partial charge in [-0.3, -0.25) is 25.7 Å². The van der Waals surface area contributed by atoms with Gasteiger partial charge in [-0.25, -0.2) is 0 Å². The molecule has 0 aromatic heterocycles. The summed E-state index contributed by atoms with van der Waals surface area (Å²) in [6, 6.07) is 8.36. The van der Waals surface area contributed by atoms with Crippen molar-refractivity contribution in [1.29, 1.82) is 0 Å². The molecular weight excluding hydrogens is 356 g/mol. The Morgan fingerprint density at radius 2 is 1.81 bits per heavy atom. The summed E-state index contributed by atoms with van der Waals surface area (Å²) in [4.78, 5) is 20.9. The first kappa shape index (κ1) is 19.6. The van der Waals surface area contributed by atoms with Gasteiger partial charge in [0.05, 0.1) is 47.1 Å². The molecular formula is C17H18N4O6. The molecule has 2 aromatic rings. The lowest BCUT2D eigenvalue weighted by Gasteiger charge is -2.11. The maximum Gasteiger partial charge on any atom is 0.282 e. The quantitative estimate of drug-likeness (QED) is 0.402. The van der Waals surface area contributed by atoms with Crippen LogP contribution >= 0.6 is 0 Å². The van der Waals surface area contributed by atoms with Crippen LogP contribution in [-0.2, 0) is 0 Å². The number of benzene rings is 2. The zero-order chi connectivity index (χ0) is 19.8. The summed E-state index contributed by atoms with van der Waals surface area (Å²) in [7, 11) is 1.40. The van der Waals surface area contributed by atoms with Gasteiger partial charge in [0.25, 0.3) is 11.4 Å². The first-order valence-electron chi connectivity index (χ1n) is 7.99. The predicted molar refractivity (Wildman–Crippen MR) is 99.7 cm³/mol. The molecule has 0 bridgehead atoms. The van der Waals surface area contributed by atoms with E-state index >= 15 is 0 Å². The minimum atomic E-state index is -0.542. The van der Waals surface area contributed by atoms with E-state index in [0.29, 0.717) is 18.0 Å². The van der Waals surface area contributed by atoms with E-state index in [0.717, 1.165) is 6.42 Å². The molecule has 0 atom stereocenters. The smallest absolute Gasteiger partial charge is 0.282 e. The standard InChI is InChI=1S/C17H18N4O6/c1-3-8-27-17-9-12(15(21(24)25)10-16(17)26-2)11-18-19-13-4-6-14(7-5-13)20(22)23/h4-7,9-11,19H,3,8H2,1-2H3. The number of anilines is 1. The highest BCUT2D eigenvalue weighted by Gasteiger charge is 2.18. The zero-order valence-corrected chi connectivity index (χ0v) is 14.7. The number of hydrogen-bond donors (Lipinski definition) is 1. The largest absolute Gasteiger partial charge is 0.493 e. The lowest BCUT2D eigenvalue weighted by Crippen LogP contribution is -2.02. The number of methoxy groups -OCH3 is 1. The van der Waals surface area contributed by atoms with Gasteiger partial charge < -0.3 is 9.47 Å². The van der Waals surface area contributed by atoms with E-state index in [4.69, 9.17) is 9.47 Å². The van der Waals surface area contributed by atoms with Crippen molar-refractivity contribution in [3.05, 3.63) is 62.2 Å². The van der Waals surface area contributed by atoms with Gasteiger partial charge in [-0.05, 0) is 24.6 Å². The van der Waals surface area contributed by atoms with Crippen LogP contribution in [0.25, 0.3) is 0 Å². The van der Waals surface area contributed by atoms with Gasteiger partial charge >= 0.3 is 0 Å². The summed E-state index contributed by atoms with van der Waals surface area (Å²) < 4.78 is 10.7. The van der Waals surface area contributed by atoms with Crippen molar-refractivity contribution in [2.45, 2.75) is 13.3 Å². The Labute approximate surface area is 154 Å². The minimum absolute atomic E-state index is 0.0481. The molecule has 27 heavy (non-hydrogen) atoms. The third kappa shape index (κ3) is 5.14. The second-order valence-electron chi connectivity index (χ2n) is 5.34. The zero-order valence-electron chi connectivity index (χ0n) is 14.7. The molecule has 0 amide bonds. The second-order valence-corrected chi connectivity index (χ2v) is 5.34. The normalized spacial score (nSPS) is 10.6. The van der Waals surface area contributed by atoms with Crippen molar-refractivity contribution < 1.29 is 19.3 Å². The predicted octanol–water partition coefficient (Wildman–Crippen LogP) is 3.75. The molecule has 0 fully saturated rings. The fourth-order valence-corrected chi connectivity index (χ4v) is 2.14. The Morgan fingerprint density at radius 3 is 2.37 bits per heavy atom. The van der Waals surface area contributed by atoms with Gasteiger partial charge in [0, 0.05) is 12.1 Å². The number of nitro benzene ring substituents is 2. The molecule has 10 nitrogen and oxygen atoms in total. The highest BCUT2D eigenvalue weighted by atomic mass is 16.6. The van der Waals surface area contributed by atoms with E-state index in [1.54, 1.807) is 0 Å². The van der Waals surface area contributed by atoms with Gasteiger partial charge in [0.15, 0.2) is 11.5 Å². The summed E-state index contributed by atoms with van der Waals surface area (Å²) in [6.45, 7) is 2.38. The number of hydrazone groups is 1. The molecule has 10 heteroatoms. The molecule has 2 aromatic carbocycles. The molecule has 0 saturated carbocycles. The van der Waals surface area contributed by atoms with E-state index < -0.39 is 9.85 Å². The summed E-state index contributed by atoms with van der Waals surface area (Å²) in [5, 5.41) is 25.9. The number of non-ortho nitro benzene ring substituents is 1. The average Bonchev–Trinajstić information content (AvgIpc) is 2.66. The lowest BCUT2D eigenvalue weighted by atomic mass is 10.1. The van der Waals surface area contributed by atoms with E-state index in [2.05, 4.69) is 10.5 Å². The van der Waals surface area contributed by atoms with E-state index in [9.17, 15) is 20.2 Å². The molecule has 0 aliphatic rings. The number of ether oxygens (including phenoxy) is 2. The number of hydrogen-bond acceptors (Lipinski definition) is 8. The van der Waals surface area contributed by atoms with Crippen LogP contribution in [0.15, 0.2) is 41.5 Å². The summed E-state index contributed by atoms with van der Waals surface area (Å²) in [6.07, 6.45) is 2.04. The molecule has 0 heterocycles. The van der Waals surface area contributed by atoms with Crippen LogP contribution in [0, 0.1) is 20.2 Å². The van der Waals surface area contributed by atoms with Crippen LogP contribution in [0.3, 0.4) is 0 Å². The maximum absolute atomic E-state index is 11.3. The van der Waals surface area contributed by atoms with Crippen molar-refractivity contribution in [3.8, 4) is 11.5 Å². The molecule has 0 saturated heterocycles. The SMILES string of the molecule is CCCOc1cc(C=NNc2ccc([N+](=O)[O-])cc2)c([N+](=O)[O-])cc1OC. The monoisotopic (exact) mass is 374 g/mol. The summed E-state index contributed by atoms with van der Waals surface area (Å²) in [5.74, 6) is 0.636. The van der Waals surface area contributed by atoms with Gasteiger partial charge in [0.2, 0.25) is 0 Å². The van der Waals surface area contributed by atoms with Crippen molar-refractivity contribution >= 4 is 23.3 Å². The summed E-state index contributed by atoms with van der Waals surface area (Å²) >= 11 is 0. The van der Waals surface area contributed by atoms with Crippen LogP contribution in [0.1, 0.15) is 18.9 Å². The molecule has 142 valence electrons. The Bertz CT molecular complexity index is 851. The molecule has 0 radical (unpaired) electrons. The maximum atomic E-state index is 11.3. The second kappa shape index (κ2) is 9.13. The molecule has 1 N–H and O–H groups in total. The van der Waals surface area contributed by atoms with Crippen LogP contribution < -0.4 is 14.9 Å². The van der Waals surface area contributed by atoms with Crippen LogP contribution in [-0.4, -0.2) is 29.8 Å². The highest BCUT2D eigenvalue weighted by Crippen LogP contribution is 2.34. The van der Waals surface area contributed by atoms with E-state index in [1.165, 1.54) is 49.7 Å². The van der Waals surface area contributed by atoms with Crippen molar-refractivity contribution in [2.75, 3.05) is 19.1 Å². The fourth-order valence-electron chi connectivity index (χ4n) is 2.14. The van der Waals surface area contributed by atoms with Crippen LogP contribution in [0.4, 0.5) is 17.1 Å². The van der Waals surface area contributed by atoms with Gasteiger partial charge in [-0.15, -0.1) is 0 Å². The first-order valence-corrected chi connectivity index (χ1v) is 7.99. The van der Waals surface area contributed by atoms with Crippen LogP contribution in [0.5, 0.6) is 11.5 Å². The molecule has 0 aliphatic carbocycles. The van der Waals surface area contributed by atoms with Crippen molar-refractivity contribution in [1.82, 2.24) is 0 Å². The van der Waals surface area contributed by atoms with E-state index in [1.807, 2.05) is 6.92 Å². The molecule has 2 rings (SSSR count). The lowest BCUT2D eigenvalue weighted by molar-refractivity contribution is -0.385. The van der Waals surface area contributed by atoms with E-state index in [-0.39, 0.29) is 22.7 Å². The molecule has 0 aliphatic heterocycles. The van der Waals surface area contributed by atoms with Gasteiger partial charge in [0.1, 0.15) is 0 Å². The topological polar surface area (TPSA) is 129 Å². The Balaban J connectivity index is 2.25. The first-order chi connectivity index (χ1) is 13.0. The number of nitrogens with zero attached hydrogens (tertiary/aromatic N) is 3. The Hall–Kier alpha value is -3.69. The molecule has 0 spiro atoms. The minimum Gasteiger partial charge on any atom is -0.493 e. The van der Waals surface area contributed by atoms with Gasteiger partial charge in [-0.1, -0.05) is 6.92 Å². The average molecular weight is 374 g/mol. The Kier molecular flexibility index (Phi) is 6.64. The third-order valence-corrected chi connectivity index (χ3v) is 3.45. The fraction of sp³-hybridized carbons (Fsp3) is 0.235. The third-order valence-electron chi connectivity index (χ3n) is 3.45. The van der Waals surface area contributed by atoms with Gasteiger partial charge in [-0.2, -0.15) is 5.10 Å². The summed E-state index contributed by atoms with van der Waals surface area (Å²) in [5.41, 5.74) is 3.15. The number of nitro groups is 2. The van der Waals surface area contributed by atoms with Crippen LogP contribution in [0.2, 0.25) is 0 Å². The number of rotatable bonds is 9. The Morgan fingerprint density at radius 1 is 1.11 bits per heavy atom. The van der Waals surface area contributed by atoms with Crippen molar-refractivity contribution in [2.24, 2.45) is 5.10 Å². The highest BCUT2D eigenvalue weighted by molar-refractivity contribution is 5.87. The molecule has 0 unspecified atom stereocenters.